The Morgan fingerprint density at radius 2 is 1.75 bits per heavy atom. The fourth-order valence-corrected chi connectivity index (χ4v) is 8.40. The van der Waals surface area contributed by atoms with Gasteiger partial charge in [-0.05, 0) is 75.4 Å². The van der Waals surface area contributed by atoms with E-state index in [0.717, 1.165) is 44.2 Å². The number of aromatic nitrogens is 1. The lowest BCUT2D eigenvalue weighted by Crippen LogP contribution is -2.47. The van der Waals surface area contributed by atoms with Gasteiger partial charge in [-0.1, -0.05) is 57.5 Å². The quantitative estimate of drug-likeness (QED) is 0.176. The van der Waals surface area contributed by atoms with Crippen molar-refractivity contribution in [3.63, 3.8) is 0 Å². The van der Waals surface area contributed by atoms with Gasteiger partial charge < -0.3 is 19.7 Å². The Morgan fingerprint density at radius 3 is 2.37 bits per heavy atom. The number of hydrogen-bond donors (Lipinski definition) is 1. The van der Waals surface area contributed by atoms with Crippen LogP contribution in [0.25, 0.3) is 0 Å². The standard InChI is InChI=1S/C40H58N4O7S/c1-25(2)34(44(6)39(48)31(30-16-17-30)21-35(46)33-15-11-12-18-43(33)5)22-36(51-27(4)45)38-42-32(24-52-38)37(47)41-23-29(19-26(3)40(49)50-7)20-28-13-9-8-10-14-28/h8-10,13-14,24-26,29-31,33-34,36H,11-12,15-23H2,1-7H3,(H,41,47)/t26-,29+,31-,33+,34+,36+/m0/s1. The summed E-state index contributed by atoms with van der Waals surface area (Å²) in [6.45, 7) is 8.45. The Bertz CT molecular complexity index is 1510. The van der Waals surface area contributed by atoms with Crippen LogP contribution in [0.5, 0.6) is 0 Å². The smallest absolute Gasteiger partial charge is 0.308 e. The van der Waals surface area contributed by atoms with Crippen LogP contribution in [-0.2, 0) is 35.1 Å². The number of piperidine rings is 1. The minimum atomic E-state index is -0.768. The topological polar surface area (TPSA) is 135 Å². The third-order valence-corrected chi connectivity index (χ3v) is 11.6. The first kappa shape index (κ1) is 41.1. The Labute approximate surface area is 313 Å². The Kier molecular flexibility index (Phi) is 15.4. The summed E-state index contributed by atoms with van der Waals surface area (Å²) in [6.07, 6.45) is 5.84. The Hall–Kier alpha value is -3.64. The van der Waals surface area contributed by atoms with E-state index in [2.05, 4.69) is 15.2 Å². The third-order valence-electron chi connectivity index (χ3n) is 10.7. The van der Waals surface area contributed by atoms with Gasteiger partial charge >= 0.3 is 11.9 Å². The number of benzene rings is 1. The average Bonchev–Trinajstić information content (AvgIpc) is 3.84. The molecule has 52 heavy (non-hydrogen) atoms. The second kappa shape index (κ2) is 19.4. The van der Waals surface area contributed by atoms with Gasteiger partial charge in [0.15, 0.2) is 11.9 Å². The Morgan fingerprint density at radius 1 is 1.04 bits per heavy atom. The van der Waals surface area contributed by atoms with Crippen molar-refractivity contribution in [3.05, 3.63) is 52.0 Å². The third kappa shape index (κ3) is 11.7. The second-order valence-corrected chi connectivity index (χ2v) is 16.1. The summed E-state index contributed by atoms with van der Waals surface area (Å²) in [4.78, 5) is 74.0. The van der Waals surface area contributed by atoms with Crippen LogP contribution in [0.3, 0.4) is 0 Å². The van der Waals surface area contributed by atoms with Crippen molar-refractivity contribution in [2.75, 3.05) is 34.3 Å². The van der Waals surface area contributed by atoms with E-state index in [1.165, 1.54) is 25.4 Å². The monoisotopic (exact) mass is 738 g/mol. The average molecular weight is 739 g/mol. The van der Waals surface area contributed by atoms with Crippen LogP contribution in [0.1, 0.15) is 106 Å². The van der Waals surface area contributed by atoms with Gasteiger partial charge in [0.2, 0.25) is 5.91 Å². The van der Waals surface area contributed by atoms with E-state index in [-0.39, 0.29) is 77.4 Å². The molecule has 1 aliphatic carbocycles. The molecule has 1 aliphatic heterocycles. The highest BCUT2D eigenvalue weighted by molar-refractivity contribution is 7.09. The normalized spacial score (nSPS) is 19.2. The molecule has 286 valence electrons. The lowest BCUT2D eigenvalue weighted by Gasteiger charge is -2.36. The summed E-state index contributed by atoms with van der Waals surface area (Å²) in [5.74, 6) is -1.51. The molecule has 1 saturated carbocycles. The predicted octanol–water partition coefficient (Wildman–Crippen LogP) is 5.88. The van der Waals surface area contributed by atoms with Crippen molar-refractivity contribution in [2.24, 2.45) is 29.6 Å². The van der Waals surface area contributed by atoms with Crippen molar-refractivity contribution < 1.29 is 33.4 Å². The van der Waals surface area contributed by atoms with Crippen LogP contribution in [0.4, 0.5) is 0 Å². The summed E-state index contributed by atoms with van der Waals surface area (Å²) in [5, 5.41) is 5.13. The van der Waals surface area contributed by atoms with Crippen LogP contribution in [0, 0.1) is 29.6 Å². The molecule has 2 aromatic rings. The van der Waals surface area contributed by atoms with Crippen molar-refractivity contribution >= 4 is 40.9 Å². The van der Waals surface area contributed by atoms with Crippen molar-refractivity contribution in [3.8, 4) is 0 Å². The fraction of sp³-hybridized carbons (Fsp3) is 0.650. The Balaban J connectivity index is 1.45. The number of hydrogen-bond acceptors (Lipinski definition) is 10. The van der Waals surface area contributed by atoms with Crippen molar-refractivity contribution in [2.45, 2.75) is 104 Å². The van der Waals surface area contributed by atoms with Crippen molar-refractivity contribution in [1.82, 2.24) is 20.1 Å². The number of carbonyl (C=O) groups excluding carboxylic acids is 5. The number of esters is 2. The molecule has 1 saturated heterocycles. The number of likely N-dealkylation sites (N-methyl/N-ethyl adjacent to an activating group) is 1. The first-order valence-electron chi connectivity index (χ1n) is 18.8. The molecular weight excluding hydrogens is 681 g/mol. The lowest BCUT2D eigenvalue weighted by molar-refractivity contribution is -0.149. The molecule has 0 unspecified atom stereocenters. The molecule has 2 amide bonds. The zero-order chi connectivity index (χ0) is 37.9. The molecule has 6 atom stereocenters. The van der Waals surface area contributed by atoms with E-state index < -0.39 is 12.1 Å². The first-order chi connectivity index (χ1) is 24.8. The van der Waals surface area contributed by atoms with Crippen molar-refractivity contribution in [1.29, 1.82) is 0 Å². The van der Waals surface area contributed by atoms with Gasteiger partial charge in [0.25, 0.3) is 5.91 Å². The maximum absolute atomic E-state index is 14.1. The van der Waals surface area contributed by atoms with Gasteiger partial charge in [-0.2, -0.15) is 0 Å². The number of methoxy groups -OCH3 is 1. The molecule has 1 N–H and O–H groups in total. The van der Waals surface area contributed by atoms with Crippen LogP contribution < -0.4 is 5.32 Å². The summed E-state index contributed by atoms with van der Waals surface area (Å²) in [6, 6.07) is 9.50. The number of ketones is 1. The molecular formula is C40H58N4O7S. The lowest BCUT2D eigenvalue weighted by atomic mass is 9.88. The summed E-state index contributed by atoms with van der Waals surface area (Å²) in [5.41, 5.74) is 1.32. The molecule has 1 aromatic carbocycles. The van der Waals surface area contributed by atoms with Crippen LogP contribution >= 0.6 is 11.3 Å². The molecule has 11 nitrogen and oxygen atoms in total. The zero-order valence-electron chi connectivity index (χ0n) is 32.0. The minimum Gasteiger partial charge on any atom is -0.469 e. The molecule has 0 bridgehead atoms. The molecule has 2 fully saturated rings. The summed E-state index contributed by atoms with van der Waals surface area (Å²) >= 11 is 1.24. The van der Waals surface area contributed by atoms with Gasteiger partial charge in [0, 0.05) is 50.7 Å². The molecule has 1 aromatic heterocycles. The van der Waals surface area contributed by atoms with Crippen LogP contribution in [0.2, 0.25) is 0 Å². The maximum Gasteiger partial charge on any atom is 0.308 e. The molecule has 0 spiro atoms. The number of ether oxygens (including phenoxy) is 2. The largest absolute Gasteiger partial charge is 0.469 e. The first-order valence-corrected chi connectivity index (χ1v) is 19.7. The van der Waals surface area contributed by atoms with E-state index in [4.69, 9.17) is 9.47 Å². The number of nitrogens with zero attached hydrogens (tertiary/aromatic N) is 3. The van der Waals surface area contributed by atoms with E-state index >= 15 is 0 Å². The molecule has 2 heterocycles. The number of Topliss-reactive ketones (excluding diaryl/α,β-unsaturated/α-hetero) is 1. The SMILES string of the molecule is COC(=O)[C@@H](C)C[C@@H](CNC(=O)c1csc([C@@H](C[C@H](C(C)C)N(C)C(=O)[C@@H](CC(=O)[C@H]2CCCCN2C)C2CC2)OC(C)=O)n1)Cc1ccccc1. The van der Waals surface area contributed by atoms with Gasteiger partial charge in [0.1, 0.15) is 10.7 Å². The molecule has 0 radical (unpaired) electrons. The van der Waals surface area contributed by atoms with E-state index in [1.54, 1.807) is 17.3 Å². The summed E-state index contributed by atoms with van der Waals surface area (Å²) in [7, 11) is 5.16. The molecule has 12 heteroatoms. The van der Waals surface area contributed by atoms with E-state index in [1.807, 2.05) is 58.2 Å². The molecule has 2 aliphatic rings. The highest BCUT2D eigenvalue weighted by atomic mass is 32.1. The van der Waals surface area contributed by atoms with Gasteiger partial charge in [-0.15, -0.1) is 11.3 Å². The maximum atomic E-state index is 14.1. The number of amides is 2. The second-order valence-electron chi connectivity index (χ2n) is 15.2. The van der Waals surface area contributed by atoms with Crippen LogP contribution in [-0.4, -0.2) is 90.7 Å². The number of likely N-dealkylation sites (tertiary alicyclic amines) is 1. The highest BCUT2D eigenvalue weighted by Crippen LogP contribution is 2.41. The summed E-state index contributed by atoms with van der Waals surface area (Å²) < 4.78 is 10.7. The number of nitrogens with one attached hydrogen (secondary N) is 1. The molecule has 4 rings (SSSR count). The minimum absolute atomic E-state index is 0.0173. The zero-order valence-corrected chi connectivity index (χ0v) is 32.8. The number of thiazole rings is 1. The van der Waals surface area contributed by atoms with Gasteiger partial charge in [0.05, 0.1) is 19.1 Å². The van der Waals surface area contributed by atoms with Gasteiger partial charge in [-0.3, -0.25) is 28.9 Å². The van der Waals surface area contributed by atoms with Crippen LogP contribution in [0.15, 0.2) is 35.7 Å². The fourth-order valence-electron chi connectivity index (χ4n) is 7.56. The number of carbonyl (C=O) groups is 5. The number of rotatable bonds is 19. The highest BCUT2D eigenvalue weighted by Gasteiger charge is 2.42. The predicted molar refractivity (Wildman–Crippen MR) is 201 cm³/mol. The van der Waals surface area contributed by atoms with E-state index in [0.29, 0.717) is 30.8 Å². The van der Waals surface area contributed by atoms with Gasteiger partial charge in [-0.25, -0.2) is 4.98 Å². The van der Waals surface area contributed by atoms with E-state index in [9.17, 15) is 24.0 Å².